The number of likely N-dealkylation sites (N-methyl/N-ethyl adjacent to an activating group) is 1. The Balaban J connectivity index is 1.58. The van der Waals surface area contributed by atoms with Gasteiger partial charge in [-0.15, -0.1) is 0 Å². The fourth-order valence-corrected chi connectivity index (χ4v) is 4.91. The molecule has 0 fully saturated rings. The number of benzene rings is 2. The van der Waals surface area contributed by atoms with Gasteiger partial charge in [-0.2, -0.15) is 0 Å². The molecule has 10 heteroatoms. The van der Waals surface area contributed by atoms with E-state index in [1.165, 1.54) is 11.1 Å². The average molecular weight is 597 g/mol. The van der Waals surface area contributed by atoms with E-state index < -0.39 is 24.0 Å². The summed E-state index contributed by atoms with van der Waals surface area (Å²) in [5.74, 6) is 6.82. The van der Waals surface area contributed by atoms with Gasteiger partial charge in [0.2, 0.25) is 0 Å². The summed E-state index contributed by atoms with van der Waals surface area (Å²) in [7, 11) is 1.64. The second-order valence-electron chi connectivity index (χ2n) is 11.3. The summed E-state index contributed by atoms with van der Waals surface area (Å²) in [4.78, 5) is 29.5. The van der Waals surface area contributed by atoms with Crippen molar-refractivity contribution in [3.8, 4) is 23.0 Å². The van der Waals surface area contributed by atoms with Gasteiger partial charge in [0.05, 0.1) is 16.8 Å². The molecule has 9 nitrogen and oxygen atoms in total. The second-order valence-corrected chi connectivity index (χ2v) is 11.7. The van der Waals surface area contributed by atoms with Gasteiger partial charge in [0.25, 0.3) is 0 Å². The summed E-state index contributed by atoms with van der Waals surface area (Å²) in [5.41, 5.74) is 7.00. The summed E-state index contributed by atoms with van der Waals surface area (Å²) in [5, 5.41) is 13.8. The molecule has 1 aliphatic heterocycles. The maximum Gasteiger partial charge on any atom is 0.410 e. The molecule has 2 unspecified atom stereocenters. The smallest absolute Gasteiger partial charge is 0.410 e. The Morgan fingerprint density at radius 1 is 1.19 bits per heavy atom. The molecular formula is C33H33ClN6O3. The maximum absolute atomic E-state index is 12.9. The van der Waals surface area contributed by atoms with E-state index in [1.54, 1.807) is 19.3 Å². The number of hydrogen-bond acceptors (Lipinski definition) is 8. The Labute approximate surface area is 256 Å². The zero-order chi connectivity index (χ0) is 30.9. The third-order valence-electron chi connectivity index (χ3n) is 7.10. The Kier molecular flexibility index (Phi) is 8.27. The number of fused-ring (bicyclic) bond motifs is 5. The number of amides is 1. The van der Waals surface area contributed by atoms with Crippen molar-refractivity contribution >= 4 is 46.2 Å². The first kappa shape index (κ1) is 29.8. The Morgan fingerprint density at radius 3 is 2.72 bits per heavy atom. The summed E-state index contributed by atoms with van der Waals surface area (Å²) >= 11 is 6.96. The lowest BCUT2D eigenvalue weighted by Crippen LogP contribution is -2.49. The van der Waals surface area contributed by atoms with E-state index >= 15 is 0 Å². The van der Waals surface area contributed by atoms with Crippen LogP contribution in [0.15, 0.2) is 54.7 Å². The zero-order valence-electron chi connectivity index (χ0n) is 24.9. The number of nitrogens with zero attached hydrogens (tertiary/aromatic N) is 3. The van der Waals surface area contributed by atoms with E-state index in [-0.39, 0.29) is 0 Å². The van der Waals surface area contributed by atoms with Crippen LogP contribution in [-0.2, 0) is 9.57 Å². The fourth-order valence-electron chi connectivity index (χ4n) is 4.67. The molecule has 220 valence electrons. The molecule has 0 aliphatic carbocycles. The number of aryl methyl sites for hydroxylation is 1. The van der Waals surface area contributed by atoms with Crippen molar-refractivity contribution in [3.63, 3.8) is 0 Å². The molecule has 1 aliphatic rings. The van der Waals surface area contributed by atoms with E-state index in [0.717, 1.165) is 22.0 Å². The number of halogens is 1. The third kappa shape index (κ3) is 6.41. The molecule has 3 heterocycles. The Morgan fingerprint density at radius 2 is 1.98 bits per heavy atom. The number of nitrogens with one attached hydrogen (secondary N) is 3. The lowest BCUT2D eigenvalue weighted by atomic mass is 10.00. The lowest BCUT2D eigenvalue weighted by molar-refractivity contribution is 0.00113. The van der Waals surface area contributed by atoms with E-state index in [4.69, 9.17) is 31.6 Å². The first-order valence-electron chi connectivity index (χ1n) is 13.8. The van der Waals surface area contributed by atoms with Gasteiger partial charge >= 0.3 is 6.09 Å². The van der Waals surface area contributed by atoms with Crippen LogP contribution in [0.5, 0.6) is 0 Å². The summed E-state index contributed by atoms with van der Waals surface area (Å²) in [6, 6.07) is 14.8. The van der Waals surface area contributed by atoms with Crippen LogP contribution >= 0.6 is 11.6 Å². The lowest BCUT2D eigenvalue weighted by Gasteiger charge is -2.33. The Hall–Kier alpha value is -4.65. The minimum absolute atomic E-state index is 0.362. The molecule has 0 radical (unpaired) electrons. The van der Waals surface area contributed by atoms with E-state index in [2.05, 4.69) is 27.6 Å². The molecule has 2 aromatic heterocycles. The second kappa shape index (κ2) is 11.9. The molecule has 2 aromatic carbocycles. The fraction of sp³-hybridized carbons (Fsp3) is 0.273. The van der Waals surface area contributed by atoms with Crippen molar-refractivity contribution < 1.29 is 14.4 Å². The Bertz CT molecular complexity index is 1790. The minimum atomic E-state index is -0.776. The van der Waals surface area contributed by atoms with Gasteiger partial charge in [0.15, 0.2) is 6.23 Å². The molecule has 0 saturated carbocycles. The number of carbonyl (C=O) groups excluding carboxylic acids is 1. The normalized spacial score (nSPS) is 14.8. The zero-order valence-corrected chi connectivity index (χ0v) is 25.6. The maximum atomic E-state index is 12.9. The molecule has 2 bridgehead atoms. The SMILES string of the molecule is Cc1nccc2cc(C#Cc3nc4cc(c3Cl)-c3cccc(C=N)c3NOC(C(C)N(C)C(=O)OC(C)(C)C)N4)ccc12. The predicted molar refractivity (Wildman–Crippen MR) is 171 cm³/mol. The van der Waals surface area contributed by atoms with E-state index in [0.29, 0.717) is 38.9 Å². The molecule has 4 aromatic rings. The molecule has 0 saturated heterocycles. The van der Waals surface area contributed by atoms with Crippen molar-refractivity contribution in [2.24, 2.45) is 0 Å². The standard InChI is InChI=1S/C33H33ClN6O3/c1-19-24-12-10-21(16-22(24)14-15-36-19)11-13-27-29(34)26-17-28(37-27)38-31(20(2)40(6)32(41)42-33(3,4)5)43-39-30-23(18-35)8-7-9-25(26)30/h7-10,12,14-18,20,31,35,39H,1-6H3,(H,37,38). The number of pyridine rings is 2. The first-order chi connectivity index (χ1) is 20.4. The summed E-state index contributed by atoms with van der Waals surface area (Å²) in [6.07, 6.45) is 1.74. The van der Waals surface area contributed by atoms with Gasteiger partial charge in [0.1, 0.15) is 17.1 Å². The largest absolute Gasteiger partial charge is 0.444 e. The molecule has 3 N–H and O–H groups in total. The van der Waals surface area contributed by atoms with Crippen LogP contribution in [0.25, 0.3) is 21.9 Å². The molecule has 43 heavy (non-hydrogen) atoms. The van der Waals surface area contributed by atoms with Gasteiger partial charge in [-0.3, -0.25) is 10.5 Å². The van der Waals surface area contributed by atoms with Crippen molar-refractivity contribution in [2.45, 2.75) is 52.5 Å². The minimum Gasteiger partial charge on any atom is -0.444 e. The van der Waals surface area contributed by atoms with Crippen molar-refractivity contribution in [3.05, 3.63) is 82.3 Å². The summed E-state index contributed by atoms with van der Waals surface area (Å²) < 4.78 is 5.57. The van der Waals surface area contributed by atoms with Crippen LogP contribution in [0.2, 0.25) is 5.02 Å². The number of rotatable bonds is 3. The number of para-hydroxylation sites is 1. The number of hydrogen-bond donors (Lipinski definition) is 3. The number of ether oxygens (including phenoxy) is 1. The van der Waals surface area contributed by atoms with Crippen molar-refractivity contribution in [1.82, 2.24) is 14.9 Å². The number of aromatic nitrogens is 2. The van der Waals surface area contributed by atoms with Gasteiger partial charge in [-0.25, -0.2) is 14.6 Å². The van der Waals surface area contributed by atoms with E-state index in [1.807, 2.05) is 77.1 Å². The number of carbonyl (C=O) groups is 1. The molecular weight excluding hydrogens is 564 g/mol. The van der Waals surface area contributed by atoms with Crippen molar-refractivity contribution in [1.29, 1.82) is 5.41 Å². The monoisotopic (exact) mass is 596 g/mol. The highest BCUT2D eigenvalue weighted by Crippen LogP contribution is 2.39. The van der Waals surface area contributed by atoms with Crippen molar-refractivity contribution in [2.75, 3.05) is 17.8 Å². The van der Waals surface area contributed by atoms with Crippen LogP contribution in [0, 0.1) is 24.2 Å². The quantitative estimate of drug-likeness (QED) is 0.172. The van der Waals surface area contributed by atoms with Crippen LogP contribution < -0.4 is 10.8 Å². The van der Waals surface area contributed by atoms with Crippen LogP contribution in [0.3, 0.4) is 0 Å². The first-order valence-corrected chi connectivity index (χ1v) is 14.2. The molecule has 5 rings (SSSR count). The van der Waals surface area contributed by atoms with Gasteiger partial charge in [-0.05, 0) is 70.2 Å². The van der Waals surface area contributed by atoms with E-state index in [9.17, 15) is 4.79 Å². The highest BCUT2D eigenvalue weighted by molar-refractivity contribution is 6.34. The molecule has 0 spiro atoms. The van der Waals surface area contributed by atoms with Gasteiger partial charge in [0, 0.05) is 52.8 Å². The van der Waals surface area contributed by atoms with Crippen LogP contribution in [0.1, 0.15) is 50.2 Å². The summed E-state index contributed by atoms with van der Waals surface area (Å²) in [6.45, 7) is 9.25. The van der Waals surface area contributed by atoms with Gasteiger partial charge in [-0.1, -0.05) is 41.8 Å². The highest BCUT2D eigenvalue weighted by atomic mass is 35.5. The highest BCUT2D eigenvalue weighted by Gasteiger charge is 2.31. The number of anilines is 2. The predicted octanol–water partition coefficient (Wildman–Crippen LogP) is 7.01. The molecule has 1 amide bonds. The van der Waals surface area contributed by atoms with Crippen LogP contribution in [0.4, 0.5) is 16.3 Å². The van der Waals surface area contributed by atoms with Gasteiger partial charge < -0.3 is 20.4 Å². The topological polar surface area (TPSA) is 112 Å². The average Bonchev–Trinajstić information content (AvgIpc) is 3.03. The molecule has 2 atom stereocenters. The van der Waals surface area contributed by atoms with Crippen LogP contribution in [-0.4, -0.2) is 52.1 Å². The third-order valence-corrected chi connectivity index (χ3v) is 7.48.